The number of ether oxygens (including phenoxy) is 1. The fourth-order valence-electron chi connectivity index (χ4n) is 2.32. The van der Waals surface area contributed by atoms with Gasteiger partial charge in [0.2, 0.25) is 5.91 Å². The zero-order chi connectivity index (χ0) is 15.9. The third kappa shape index (κ3) is 4.81. The third-order valence-electron chi connectivity index (χ3n) is 3.26. The van der Waals surface area contributed by atoms with E-state index < -0.39 is 0 Å². The van der Waals surface area contributed by atoms with Crippen LogP contribution in [0.1, 0.15) is 17.5 Å². The number of rotatable bonds is 6. The Morgan fingerprint density at radius 1 is 1.05 bits per heavy atom. The molecule has 0 fully saturated rings. The highest BCUT2D eigenvalue weighted by atomic mass is 16.5. The van der Waals surface area contributed by atoms with Crippen molar-refractivity contribution >= 4 is 17.3 Å². The van der Waals surface area contributed by atoms with E-state index in [1.54, 1.807) is 7.11 Å². The highest BCUT2D eigenvalue weighted by Gasteiger charge is 2.03. The van der Waals surface area contributed by atoms with Crippen LogP contribution in [0, 0.1) is 13.8 Å². The van der Waals surface area contributed by atoms with Crippen LogP contribution in [0.15, 0.2) is 42.5 Å². The van der Waals surface area contributed by atoms with Gasteiger partial charge in [0, 0.05) is 30.4 Å². The zero-order valence-electron chi connectivity index (χ0n) is 13.3. The summed E-state index contributed by atoms with van der Waals surface area (Å²) in [4.78, 5) is 12.0. The fourth-order valence-corrected chi connectivity index (χ4v) is 2.32. The minimum Gasteiger partial charge on any atom is -0.497 e. The Balaban J connectivity index is 1.82. The molecule has 2 rings (SSSR count). The summed E-state index contributed by atoms with van der Waals surface area (Å²) in [6, 6.07) is 13.7. The van der Waals surface area contributed by atoms with E-state index in [2.05, 4.69) is 16.7 Å². The molecule has 0 saturated heterocycles. The van der Waals surface area contributed by atoms with Gasteiger partial charge in [0.05, 0.1) is 7.11 Å². The molecule has 2 aromatic rings. The number of nitrogens with one attached hydrogen (secondary N) is 2. The second kappa shape index (κ2) is 7.50. The molecule has 0 bridgehead atoms. The van der Waals surface area contributed by atoms with Crippen molar-refractivity contribution in [1.29, 1.82) is 0 Å². The molecule has 22 heavy (non-hydrogen) atoms. The largest absolute Gasteiger partial charge is 0.497 e. The lowest BCUT2D eigenvalue weighted by molar-refractivity contribution is -0.115. The van der Waals surface area contributed by atoms with Crippen molar-refractivity contribution in [3.8, 4) is 5.75 Å². The van der Waals surface area contributed by atoms with Crippen molar-refractivity contribution in [2.24, 2.45) is 0 Å². The normalized spacial score (nSPS) is 10.1. The molecular weight excluding hydrogens is 276 g/mol. The SMILES string of the molecule is COc1cccc(NCCC(=O)Nc2cc(C)cc(C)c2)c1. The summed E-state index contributed by atoms with van der Waals surface area (Å²) in [5.41, 5.74) is 4.08. The first-order chi connectivity index (χ1) is 10.6. The minimum atomic E-state index is 0.000367. The lowest BCUT2D eigenvalue weighted by atomic mass is 10.1. The van der Waals surface area contributed by atoms with Crippen molar-refractivity contribution < 1.29 is 9.53 Å². The van der Waals surface area contributed by atoms with Crippen molar-refractivity contribution in [2.75, 3.05) is 24.3 Å². The van der Waals surface area contributed by atoms with Crippen LogP contribution >= 0.6 is 0 Å². The molecule has 0 saturated carbocycles. The second-order valence-electron chi connectivity index (χ2n) is 5.33. The lowest BCUT2D eigenvalue weighted by Gasteiger charge is -2.09. The van der Waals surface area contributed by atoms with E-state index >= 15 is 0 Å². The molecule has 116 valence electrons. The first-order valence-corrected chi connectivity index (χ1v) is 7.33. The summed E-state index contributed by atoms with van der Waals surface area (Å²) < 4.78 is 5.16. The third-order valence-corrected chi connectivity index (χ3v) is 3.26. The number of amides is 1. The molecule has 0 radical (unpaired) electrons. The molecule has 2 N–H and O–H groups in total. The van der Waals surface area contributed by atoms with Crippen molar-refractivity contribution in [1.82, 2.24) is 0 Å². The van der Waals surface area contributed by atoms with Crippen LogP contribution in [0.2, 0.25) is 0 Å². The molecule has 4 heteroatoms. The van der Waals surface area contributed by atoms with E-state index in [0.717, 1.165) is 28.3 Å². The topological polar surface area (TPSA) is 50.4 Å². The Labute approximate surface area is 131 Å². The Kier molecular flexibility index (Phi) is 5.42. The summed E-state index contributed by atoms with van der Waals surface area (Å²) in [5.74, 6) is 0.796. The fraction of sp³-hybridized carbons (Fsp3) is 0.278. The van der Waals surface area contributed by atoms with Crippen molar-refractivity contribution in [2.45, 2.75) is 20.3 Å². The number of carbonyl (C=O) groups is 1. The molecule has 0 heterocycles. The summed E-state index contributed by atoms with van der Waals surface area (Å²) in [6.45, 7) is 4.61. The molecular formula is C18H22N2O2. The number of carbonyl (C=O) groups excluding carboxylic acids is 1. The van der Waals surface area contributed by atoms with E-state index in [9.17, 15) is 4.79 Å². The Morgan fingerprint density at radius 3 is 2.45 bits per heavy atom. The number of benzene rings is 2. The van der Waals surface area contributed by atoms with Gasteiger partial charge < -0.3 is 15.4 Å². The van der Waals surface area contributed by atoms with Gasteiger partial charge in [-0.1, -0.05) is 12.1 Å². The molecule has 0 aliphatic rings. The van der Waals surface area contributed by atoms with Crippen LogP contribution in [0.4, 0.5) is 11.4 Å². The first-order valence-electron chi connectivity index (χ1n) is 7.33. The van der Waals surface area contributed by atoms with Gasteiger partial charge in [0.25, 0.3) is 0 Å². The van der Waals surface area contributed by atoms with Crippen LogP contribution in [-0.4, -0.2) is 19.6 Å². The zero-order valence-corrected chi connectivity index (χ0v) is 13.3. The molecule has 0 unspecified atom stereocenters. The lowest BCUT2D eigenvalue weighted by Crippen LogP contribution is -2.16. The van der Waals surface area contributed by atoms with Crippen LogP contribution in [-0.2, 0) is 4.79 Å². The van der Waals surface area contributed by atoms with Gasteiger partial charge in [-0.25, -0.2) is 0 Å². The summed E-state index contributed by atoms with van der Waals surface area (Å²) in [7, 11) is 1.64. The van der Waals surface area contributed by atoms with Gasteiger partial charge in [-0.3, -0.25) is 4.79 Å². The first kappa shape index (κ1) is 15.9. The van der Waals surface area contributed by atoms with E-state index in [0.29, 0.717) is 13.0 Å². The van der Waals surface area contributed by atoms with E-state index in [-0.39, 0.29) is 5.91 Å². The average molecular weight is 298 g/mol. The number of hydrogen-bond donors (Lipinski definition) is 2. The number of hydrogen-bond acceptors (Lipinski definition) is 3. The molecule has 0 atom stereocenters. The maximum atomic E-state index is 12.0. The Hall–Kier alpha value is -2.49. The van der Waals surface area contributed by atoms with Crippen LogP contribution in [0.5, 0.6) is 5.75 Å². The highest BCUT2D eigenvalue weighted by molar-refractivity contribution is 5.91. The summed E-state index contributed by atoms with van der Waals surface area (Å²) in [5, 5.41) is 6.15. The number of aryl methyl sites for hydroxylation is 2. The smallest absolute Gasteiger partial charge is 0.226 e. The highest BCUT2D eigenvalue weighted by Crippen LogP contribution is 2.17. The van der Waals surface area contributed by atoms with Crippen molar-refractivity contribution in [3.05, 3.63) is 53.6 Å². The van der Waals surface area contributed by atoms with E-state index in [4.69, 9.17) is 4.74 Å². The average Bonchev–Trinajstić information content (AvgIpc) is 2.46. The van der Waals surface area contributed by atoms with Gasteiger partial charge in [-0.15, -0.1) is 0 Å². The monoisotopic (exact) mass is 298 g/mol. The van der Waals surface area contributed by atoms with E-state index in [1.807, 2.05) is 50.2 Å². The molecule has 0 aliphatic heterocycles. The second-order valence-corrected chi connectivity index (χ2v) is 5.33. The van der Waals surface area contributed by atoms with Crippen LogP contribution in [0.25, 0.3) is 0 Å². The van der Waals surface area contributed by atoms with E-state index in [1.165, 1.54) is 0 Å². The molecule has 1 amide bonds. The molecule has 0 aliphatic carbocycles. The molecule has 4 nitrogen and oxygen atoms in total. The predicted molar refractivity (Wildman–Crippen MR) is 90.6 cm³/mol. The predicted octanol–water partition coefficient (Wildman–Crippen LogP) is 3.75. The van der Waals surface area contributed by atoms with Crippen molar-refractivity contribution in [3.63, 3.8) is 0 Å². The van der Waals surface area contributed by atoms with Crippen LogP contribution in [0.3, 0.4) is 0 Å². The van der Waals surface area contributed by atoms with Crippen LogP contribution < -0.4 is 15.4 Å². The standard InChI is InChI=1S/C18H22N2O2/c1-13-9-14(2)11-16(10-13)20-18(21)7-8-19-15-5-4-6-17(12-15)22-3/h4-6,9-12,19H,7-8H2,1-3H3,(H,20,21). The Bertz CT molecular complexity index is 633. The summed E-state index contributed by atoms with van der Waals surface area (Å²) in [6.07, 6.45) is 0.407. The maximum Gasteiger partial charge on any atom is 0.226 e. The summed E-state index contributed by atoms with van der Waals surface area (Å²) >= 11 is 0. The maximum absolute atomic E-state index is 12.0. The molecule has 0 spiro atoms. The van der Waals surface area contributed by atoms with Gasteiger partial charge in [0.1, 0.15) is 5.75 Å². The van der Waals surface area contributed by atoms with Gasteiger partial charge in [0.15, 0.2) is 0 Å². The Morgan fingerprint density at radius 2 is 1.77 bits per heavy atom. The minimum absolute atomic E-state index is 0.000367. The van der Waals surface area contributed by atoms with Gasteiger partial charge >= 0.3 is 0 Å². The molecule has 2 aromatic carbocycles. The number of anilines is 2. The molecule has 0 aromatic heterocycles. The van der Waals surface area contributed by atoms with Gasteiger partial charge in [-0.05, 0) is 49.2 Å². The quantitative estimate of drug-likeness (QED) is 0.854. The van der Waals surface area contributed by atoms with Gasteiger partial charge in [-0.2, -0.15) is 0 Å². The number of methoxy groups -OCH3 is 1.